The molecule has 1 atom stereocenters. The van der Waals surface area contributed by atoms with Gasteiger partial charge in [-0.3, -0.25) is 4.90 Å². The smallest absolute Gasteiger partial charge is 0.416 e. The Hall–Kier alpha value is -1.76. The minimum absolute atomic E-state index is 0.227. The van der Waals surface area contributed by atoms with Crippen LogP contribution < -0.4 is 10.1 Å². The molecule has 1 N–H and O–H groups in total. The van der Waals surface area contributed by atoms with Crippen LogP contribution in [0.25, 0.3) is 0 Å². The molecule has 146 valence electrons. The van der Waals surface area contributed by atoms with Gasteiger partial charge in [0.25, 0.3) is 0 Å². The van der Waals surface area contributed by atoms with Crippen LogP contribution in [-0.2, 0) is 6.18 Å². The predicted octanol–water partition coefficient (Wildman–Crippen LogP) is 4.75. The third-order valence-corrected chi connectivity index (χ3v) is 4.87. The summed E-state index contributed by atoms with van der Waals surface area (Å²) in [5.41, 5.74) is 1.00. The summed E-state index contributed by atoms with van der Waals surface area (Å²) in [7, 11) is 0. The summed E-state index contributed by atoms with van der Waals surface area (Å²) >= 11 is 6.24. The van der Waals surface area contributed by atoms with Crippen molar-refractivity contribution in [1.82, 2.24) is 10.2 Å². The molecule has 0 spiro atoms. The van der Waals surface area contributed by atoms with Crippen LogP contribution in [0.15, 0.2) is 42.5 Å². The molecule has 0 aromatic heterocycles. The van der Waals surface area contributed by atoms with E-state index in [9.17, 15) is 13.2 Å². The maximum atomic E-state index is 13.0. The predicted molar refractivity (Wildman–Crippen MR) is 100 cm³/mol. The van der Waals surface area contributed by atoms with Crippen molar-refractivity contribution in [3.8, 4) is 5.75 Å². The first kappa shape index (κ1) is 20.0. The molecule has 1 aliphatic rings. The number of benzene rings is 2. The zero-order valence-corrected chi connectivity index (χ0v) is 15.8. The van der Waals surface area contributed by atoms with Gasteiger partial charge in [-0.15, -0.1) is 0 Å². The SMILES string of the molecule is CCOc1ccc(Cl)cc1C(c1ccc(C(F)(F)F)cc1)N1CCNCC1. The van der Waals surface area contributed by atoms with Crippen LogP contribution in [0, 0.1) is 0 Å². The molecule has 0 bridgehead atoms. The topological polar surface area (TPSA) is 24.5 Å². The Labute approximate surface area is 162 Å². The fourth-order valence-corrected chi connectivity index (χ4v) is 3.58. The normalized spacial score (nSPS) is 16.9. The molecule has 1 aliphatic heterocycles. The highest BCUT2D eigenvalue weighted by Crippen LogP contribution is 2.38. The molecule has 0 saturated carbocycles. The Morgan fingerprint density at radius 3 is 2.37 bits per heavy atom. The molecular weight excluding hydrogens is 377 g/mol. The van der Waals surface area contributed by atoms with E-state index in [0.717, 1.165) is 49.4 Å². The largest absolute Gasteiger partial charge is 0.494 e. The van der Waals surface area contributed by atoms with Gasteiger partial charge in [0.05, 0.1) is 18.2 Å². The second-order valence-corrected chi connectivity index (χ2v) is 6.86. The molecule has 0 amide bonds. The second kappa shape index (κ2) is 8.50. The maximum absolute atomic E-state index is 13.0. The average molecular weight is 399 g/mol. The lowest BCUT2D eigenvalue weighted by atomic mass is 9.94. The number of nitrogens with zero attached hydrogens (tertiary/aromatic N) is 1. The van der Waals surface area contributed by atoms with E-state index < -0.39 is 11.7 Å². The van der Waals surface area contributed by atoms with Crippen molar-refractivity contribution >= 4 is 11.6 Å². The zero-order valence-electron chi connectivity index (χ0n) is 15.0. The van der Waals surface area contributed by atoms with Crippen LogP contribution in [0.4, 0.5) is 13.2 Å². The maximum Gasteiger partial charge on any atom is 0.416 e. The van der Waals surface area contributed by atoms with Crippen molar-refractivity contribution in [2.75, 3.05) is 32.8 Å². The van der Waals surface area contributed by atoms with Crippen molar-refractivity contribution in [3.63, 3.8) is 0 Å². The van der Waals surface area contributed by atoms with E-state index in [1.807, 2.05) is 19.1 Å². The first-order valence-electron chi connectivity index (χ1n) is 8.94. The fourth-order valence-electron chi connectivity index (χ4n) is 3.40. The van der Waals surface area contributed by atoms with Crippen LogP contribution >= 0.6 is 11.6 Å². The van der Waals surface area contributed by atoms with Gasteiger partial charge in [-0.25, -0.2) is 0 Å². The van der Waals surface area contributed by atoms with Crippen molar-refractivity contribution in [2.24, 2.45) is 0 Å². The minimum atomic E-state index is -4.35. The van der Waals surface area contributed by atoms with Crippen molar-refractivity contribution in [1.29, 1.82) is 0 Å². The number of piperazine rings is 1. The highest BCUT2D eigenvalue weighted by atomic mass is 35.5. The van der Waals surface area contributed by atoms with E-state index in [-0.39, 0.29) is 6.04 Å². The fraction of sp³-hybridized carbons (Fsp3) is 0.400. The summed E-state index contributed by atoms with van der Waals surface area (Å²) < 4.78 is 44.7. The van der Waals surface area contributed by atoms with E-state index >= 15 is 0 Å². The van der Waals surface area contributed by atoms with Crippen LogP contribution in [0.3, 0.4) is 0 Å². The van der Waals surface area contributed by atoms with E-state index in [2.05, 4.69) is 10.2 Å². The summed E-state index contributed by atoms with van der Waals surface area (Å²) in [6.45, 7) is 5.60. The van der Waals surface area contributed by atoms with Gasteiger partial charge in [-0.2, -0.15) is 13.2 Å². The molecule has 0 aliphatic carbocycles. The molecular formula is C20H22ClF3N2O. The van der Waals surface area contributed by atoms with Crippen LogP contribution in [-0.4, -0.2) is 37.7 Å². The number of hydrogen-bond donors (Lipinski definition) is 1. The lowest BCUT2D eigenvalue weighted by Gasteiger charge is -2.36. The third-order valence-electron chi connectivity index (χ3n) is 4.64. The number of rotatable bonds is 5. The molecule has 27 heavy (non-hydrogen) atoms. The molecule has 0 radical (unpaired) electrons. The summed E-state index contributed by atoms with van der Waals surface area (Å²) in [4.78, 5) is 2.24. The minimum Gasteiger partial charge on any atom is -0.494 e. The molecule has 1 heterocycles. The Morgan fingerprint density at radius 2 is 1.78 bits per heavy atom. The Morgan fingerprint density at radius 1 is 1.11 bits per heavy atom. The van der Waals surface area contributed by atoms with Gasteiger partial charge in [0.1, 0.15) is 5.75 Å². The molecule has 2 aromatic carbocycles. The molecule has 3 nitrogen and oxygen atoms in total. The Bertz CT molecular complexity index is 759. The third kappa shape index (κ3) is 4.75. The summed E-state index contributed by atoms with van der Waals surface area (Å²) in [6.07, 6.45) is -4.35. The van der Waals surface area contributed by atoms with Crippen molar-refractivity contribution in [3.05, 3.63) is 64.2 Å². The highest BCUT2D eigenvalue weighted by molar-refractivity contribution is 6.30. The second-order valence-electron chi connectivity index (χ2n) is 6.42. The number of halogens is 4. The molecule has 1 unspecified atom stereocenters. The summed E-state index contributed by atoms with van der Waals surface area (Å²) in [5, 5.41) is 3.87. The Kier molecular flexibility index (Phi) is 6.29. The number of nitrogens with one attached hydrogen (secondary N) is 1. The van der Waals surface area contributed by atoms with Crippen molar-refractivity contribution in [2.45, 2.75) is 19.1 Å². The van der Waals surface area contributed by atoms with Gasteiger partial charge in [-0.05, 0) is 42.8 Å². The summed E-state index contributed by atoms with van der Waals surface area (Å²) in [5.74, 6) is 0.699. The first-order valence-corrected chi connectivity index (χ1v) is 9.32. The number of hydrogen-bond acceptors (Lipinski definition) is 3. The lowest BCUT2D eigenvalue weighted by molar-refractivity contribution is -0.137. The molecule has 1 saturated heterocycles. The molecule has 7 heteroatoms. The van der Waals surface area contributed by atoms with E-state index in [1.54, 1.807) is 18.2 Å². The lowest BCUT2D eigenvalue weighted by Crippen LogP contribution is -2.45. The van der Waals surface area contributed by atoms with Gasteiger partial charge in [0, 0.05) is 36.8 Å². The van der Waals surface area contributed by atoms with Gasteiger partial charge in [0.2, 0.25) is 0 Å². The quantitative estimate of drug-likeness (QED) is 0.786. The zero-order chi connectivity index (χ0) is 19.4. The number of ether oxygens (including phenoxy) is 1. The van der Waals surface area contributed by atoms with E-state index in [4.69, 9.17) is 16.3 Å². The van der Waals surface area contributed by atoms with Gasteiger partial charge in [0.15, 0.2) is 0 Å². The summed E-state index contributed by atoms with van der Waals surface area (Å²) in [6, 6.07) is 10.6. The van der Waals surface area contributed by atoms with E-state index in [1.165, 1.54) is 0 Å². The van der Waals surface area contributed by atoms with E-state index in [0.29, 0.717) is 17.4 Å². The number of alkyl halides is 3. The Balaban J connectivity index is 2.05. The highest BCUT2D eigenvalue weighted by Gasteiger charge is 2.32. The van der Waals surface area contributed by atoms with Crippen LogP contribution in [0.1, 0.15) is 29.7 Å². The van der Waals surface area contributed by atoms with Gasteiger partial charge < -0.3 is 10.1 Å². The van der Waals surface area contributed by atoms with Crippen LogP contribution in [0.2, 0.25) is 5.02 Å². The molecule has 3 rings (SSSR count). The average Bonchev–Trinajstić information content (AvgIpc) is 2.65. The van der Waals surface area contributed by atoms with Crippen LogP contribution in [0.5, 0.6) is 5.75 Å². The standard InChI is InChI=1S/C20H22ClF3N2O/c1-2-27-18-8-7-16(21)13-17(18)19(26-11-9-25-10-12-26)14-3-5-15(6-4-14)20(22,23)24/h3-8,13,19,25H,2,9-12H2,1H3. The monoisotopic (exact) mass is 398 g/mol. The molecule has 1 fully saturated rings. The van der Waals surface area contributed by atoms with Crippen molar-refractivity contribution < 1.29 is 17.9 Å². The molecule has 2 aromatic rings. The first-order chi connectivity index (χ1) is 12.9. The van der Waals surface area contributed by atoms with Gasteiger partial charge >= 0.3 is 6.18 Å². The van der Waals surface area contributed by atoms with Gasteiger partial charge in [-0.1, -0.05) is 23.7 Å².